The smallest absolute Gasteiger partial charge is 0.331 e. The van der Waals surface area contributed by atoms with Crippen LogP contribution in [0.3, 0.4) is 0 Å². The van der Waals surface area contributed by atoms with Crippen LogP contribution in [-0.2, 0) is 22.4 Å². The number of carbonyl (C=O) groups is 2. The number of hydrogen-bond donors (Lipinski definition) is 4. The maximum atomic E-state index is 13.1. The summed E-state index contributed by atoms with van der Waals surface area (Å²) >= 11 is 0. The number of amides is 2. The quantitative estimate of drug-likeness (QED) is 0.293. The van der Waals surface area contributed by atoms with Gasteiger partial charge in [0.25, 0.3) is 0 Å². The molecule has 5 rings (SSSR count). The predicted octanol–water partition coefficient (Wildman–Crippen LogP) is 4.93. The van der Waals surface area contributed by atoms with Crippen LogP contribution in [-0.4, -0.2) is 70.8 Å². The Bertz CT molecular complexity index is 1280. The van der Waals surface area contributed by atoms with Gasteiger partial charge in [-0.3, -0.25) is 0 Å². The van der Waals surface area contributed by atoms with E-state index < -0.39 is 17.6 Å². The summed E-state index contributed by atoms with van der Waals surface area (Å²) < 4.78 is 5.66. The molecule has 44 heavy (non-hydrogen) atoms. The molecule has 0 radical (unpaired) electrons. The lowest BCUT2D eigenvalue weighted by atomic mass is 9.92. The number of fused-ring (bicyclic) bond motifs is 1. The summed E-state index contributed by atoms with van der Waals surface area (Å²) in [5, 5.41) is 12.7. The maximum Gasteiger partial charge on any atom is 0.331 e. The number of anilines is 3. The Morgan fingerprint density at radius 1 is 1.07 bits per heavy atom. The minimum atomic E-state index is -0.879. The number of nitrogens with one attached hydrogen (secondary N) is 4. The van der Waals surface area contributed by atoms with Gasteiger partial charge in [-0.05, 0) is 77.3 Å². The SMILES string of the molecule is CCc1c(NC[C@H](NC(=O)NC2CCCCC2)C(=O)OC(C)(C)C)ncnc1N1CCC(c2ccc3c(n2)NCCC3)CC1. The minimum absolute atomic E-state index is 0.135. The second kappa shape index (κ2) is 14.4. The molecule has 2 aromatic rings. The van der Waals surface area contributed by atoms with Gasteiger partial charge in [0.2, 0.25) is 0 Å². The molecule has 4 N–H and O–H groups in total. The highest BCUT2D eigenvalue weighted by molar-refractivity contribution is 5.84. The van der Waals surface area contributed by atoms with Crippen molar-refractivity contribution in [2.75, 3.05) is 41.7 Å². The number of piperidine rings is 1. The molecule has 11 heteroatoms. The van der Waals surface area contributed by atoms with Crippen molar-refractivity contribution in [3.63, 3.8) is 0 Å². The van der Waals surface area contributed by atoms with Gasteiger partial charge >= 0.3 is 12.0 Å². The minimum Gasteiger partial charge on any atom is -0.458 e. The van der Waals surface area contributed by atoms with E-state index in [1.165, 1.54) is 17.7 Å². The molecule has 1 saturated carbocycles. The van der Waals surface area contributed by atoms with Gasteiger partial charge in [0.15, 0.2) is 0 Å². The largest absolute Gasteiger partial charge is 0.458 e. The Kier molecular flexibility index (Phi) is 10.4. The van der Waals surface area contributed by atoms with Crippen molar-refractivity contribution in [1.29, 1.82) is 0 Å². The highest BCUT2D eigenvalue weighted by Crippen LogP contribution is 2.33. The standard InChI is InChI=1S/C33H50N8O3/c1-5-25-29(35-20-27(31(42)44-33(2,3)4)40-32(43)38-24-11-7-6-8-12-24)36-21-37-30(25)41-18-15-22(16-19-41)26-14-13-23-10-9-17-34-28(23)39-26/h13-14,21-22,24,27H,5-12,15-20H2,1-4H3,(H,34,39)(H,35,36,37)(H2,38,40,43)/t27-/m0/s1. The third kappa shape index (κ3) is 8.30. The van der Waals surface area contributed by atoms with Crippen molar-refractivity contribution < 1.29 is 14.3 Å². The molecular formula is C33H50N8O3. The average molecular weight is 607 g/mol. The molecular weight excluding hydrogens is 556 g/mol. The predicted molar refractivity (Wildman–Crippen MR) is 173 cm³/mol. The number of pyridine rings is 1. The Balaban J connectivity index is 1.23. The lowest BCUT2D eigenvalue weighted by molar-refractivity contribution is -0.156. The Labute approximate surface area is 261 Å². The summed E-state index contributed by atoms with van der Waals surface area (Å²) in [7, 11) is 0. The number of nitrogens with zero attached hydrogens (tertiary/aromatic N) is 4. The third-order valence-electron chi connectivity index (χ3n) is 8.82. The first kappa shape index (κ1) is 31.8. The molecule has 2 amide bonds. The number of rotatable bonds is 9. The molecule has 3 aliphatic rings. The van der Waals surface area contributed by atoms with E-state index in [-0.39, 0.29) is 18.6 Å². The van der Waals surface area contributed by atoms with Gasteiger partial charge in [0.1, 0.15) is 35.4 Å². The number of esters is 1. The highest BCUT2D eigenvalue weighted by atomic mass is 16.6. The summed E-state index contributed by atoms with van der Waals surface area (Å²) in [6.07, 6.45) is 11.9. The van der Waals surface area contributed by atoms with Gasteiger partial charge in [-0.25, -0.2) is 24.5 Å². The third-order valence-corrected chi connectivity index (χ3v) is 8.82. The number of ether oxygens (including phenoxy) is 1. The van der Waals surface area contributed by atoms with Crippen molar-refractivity contribution in [3.8, 4) is 0 Å². The molecule has 2 aliphatic heterocycles. The van der Waals surface area contributed by atoms with Crippen LogP contribution >= 0.6 is 0 Å². The average Bonchev–Trinajstić information content (AvgIpc) is 3.02. The summed E-state index contributed by atoms with van der Waals surface area (Å²) in [5.41, 5.74) is 2.81. The van der Waals surface area contributed by atoms with Crippen LogP contribution in [0.4, 0.5) is 22.2 Å². The van der Waals surface area contributed by atoms with E-state index in [4.69, 9.17) is 14.7 Å². The second-order valence-electron chi connectivity index (χ2n) is 13.3. The van der Waals surface area contributed by atoms with Gasteiger partial charge in [-0.2, -0.15) is 0 Å². The monoisotopic (exact) mass is 606 g/mol. The van der Waals surface area contributed by atoms with E-state index >= 15 is 0 Å². The normalized spacial score (nSPS) is 18.5. The first-order valence-electron chi connectivity index (χ1n) is 16.6. The van der Waals surface area contributed by atoms with E-state index in [2.05, 4.69) is 50.2 Å². The van der Waals surface area contributed by atoms with Crippen LogP contribution in [0, 0.1) is 0 Å². The van der Waals surface area contributed by atoms with Gasteiger partial charge in [-0.1, -0.05) is 32.3 Å². The van der Waals surface area contributed by atoms with Gasteiger partial charge in [0.05, 0.1) is 0 Å². The van der Waals surface area contributed by atoms with Crippen LogP contribution in [0.25, 0.3) is 0 Å². The fourth-order valence-corrected chi connectivity index (χ4v) is 6.51. The topological polar surface area (TPSA) is 133 Å². The van der Waals surface area contributed by atoms with E-state index in [0.717, 1.165) is 94.6 Å². The van der Waals surface area contributed by atoms with Crippen LogP contribution in [0.1, 0.15) is 102 Å². The molecule has 2 fully saturated rings. The fraction of sp³-hybridized carbons (Fsp3) is 0.667. The number of urea groups is 1. The summed E-state index contributed by atoms with van der Waals surface area (Å²) in [6.45, 7) is 10.5. The first-order valence-corrected chi connectivity index (χ1v) is 16.6. The van der Waals surface area contributed by atoms with E-state index in [0.29, 0.717) is 11.7 Å². The molecule has 0 unspecified atom stereocenters. The second-order valence-corrected chi connectivity index (χ2v) is 13.3. The first-order chi connectivity index (χ1) is 21.2. The Morgan fingerprint density at radius 3 is 2.57 bits per heavy atom. The van der Waals surface area contributed by atoms with Crippen LogP contribution < -0.4 is 26.2 Å². The molecule has 240 valence electrons. The van der Waals surface area contributed by atoms with Gasteiger partial charge < -0.3 is 30.9 Å². The van der Waals surface area contributed by atoms with Crippen molar-refractivity contribution >= 4 is 29.5 Å². The van der Waals surface area contributed by atoms with E-state index in [9.17, 15) is 9.59 Å². The molecule has 1 saturated heterocycles. The molecule has 11 nitrogen and oxygen atoms in total. The number of hydrogen-bond acceptors (Lipinski definition) is 9. The summed E-state index contributed by atoms with van der Waals surface area (Å²) in [5.74, 6) is 2.58. The molecule has 4 heterocycles. The lowest BCUT2D eigenvalue weighted by Crippen LogP contribution is -2.53. The summed E-state index contributed by atoms with van der Waals surface area (Å²) in [4.78, 5) is 42.6. The Morgan fingerprint density at radius 2 is 1.84 bits per heavy atom. The van der Waals surface area contributed by atoms with Crippen molar-refractivity contribution in [1.82, 2.24) is 25.6 Å². The molecule has 1 aliphatic carbocycles. The van der Waals surface area contributed by atoms with Gasteiger partial charge in [-0.15, -0.1) is 0 Å². The molecule has 1 atom stereocenters. The Hall–Kier alpha value is -3.63. The molecule has 2 aromatic heterocycles. The fourth-order valence-electron chi connectivity index (χ4n) is 6.51. The van der Waals surface area contributed by atoms with Crippen molar-refractivity contribution in [2.24, 2.45) is 0 Å². The molecule has 0 aromatic carbocycles. The highest BCUT2D eigenvalue weighted by Gasteiger charge is 2.29. The van der Waals surface area contributed by atoms with E-state index in [1.54, 1.807) is 6.33 Å². The lowest BCUT2D eigenvalue weighted by Gasteiger charge is -2.34. The number of aryl methyl sites for hydroxylation is 1. The summed E-state index contributed by atoms with van der Waals surface area (Å²) in [6, 6.07) is 3.36. The zero-order valence-electron chi connectivity index (χ0n) is 26.9. The van der Waals surface area contributed by atoms with Crippen LogP contribution in [0.15, 0.2) is 18.5 Å². The molecule has 0 bridgehead atoms. The maximum absolute atomic E-state index is 13.1. The molecule has 0 spiro atoms. The number of aromatic nitrogens is 3. The zero-order chi connectivity index (χ0) is 31.1. The van der Waals surface area contributed by atoms with Gasteiger partial charge in [0, 0.05) is 49.4 Å². The van der Waals surface area contributed by atoms with Crippen LogP contribution in [0.5, 0.6) is 0 Å². The van der Waals surface area contributed by atoms with Crippen molar-refractivity contribution in [2.45, 2.75) is 116 Å². The van der Waals surface area contributed by atoms with Crippen LogP contribution in [0.2, 0.25) is 0 Å². The number of carbonyl (C=O) groups excluding carboxylic acids is 2. The zero-order valence-corrected chi connectivity index (χ0v) is 26.9. The van der Waals surface area contributed by atoms with Crippen molar-refractivity contribution in [3.05, 3.63) is 35.3 Å². The van der Waals surface area contributed by atoms with E-state index in [1.807, 2.05) is 20.8 Å².